The van der Waals surface area contributed by atoms with Crippen LogP contribution in [0, 0.1) is 0 Å². The molecular formula is C12H16Cl3N3O. The van der Waals surface area contributed by atoms with E-state index in [1.165, 1.54) is 0 Å². The quantitative estimate of drug-likeness (QED) is 0.893. The maximum Gasteiger partial charge on any atom is 0.238 e. The van der Waals surface area contributed by atoms with E-state index in [-0.39, 0.29) is 18.3 Å². The number of carbonyl (C=O) groups excluding carboxylic acids is 1. The van der Waals surface area contributed by atoms with Gasteiger partial charge in [-0.25, -0.2) is 0 Å². The molecule has 1 aromatic carbocycles. The maximum absolute atomic E-state index is 11.8. The zero-order chi connectivity index (χ0) is 13.1. The van der Waals surface area contributed by atoms with Crippen LogP contribution in [0.5, 0.6) is 0 Å². The van der Waals surface area contributed by atoms with Gasteiger partial charge in [0.05, 0.1) is 16.6 Å². The molecule has 0 atom stereocenters. The fraction of sp³-hybridized carbons (Fsp3) is 0.417. The minimum atomic E-state index is -0.0530. The molecule has 0 spiro atoms. The third-order valence-corrected chi connectivity index (χ3v) is 3.72. The van der Waals surface area contributed by atoms with E-state index in [1.807, 2.05) is 11.9 Å². The number of amides is 1. The summed E-state index contributed by atoms with van der Waals surface area (Å²) in [5, 5.41) is 6.89. The summed E-state index contributed by atoms with van der Waals surface area (Å²) < 4.78 is 0. The molecule has 1 fully saturated rings. The average Bonchev–Trinajstić information content (AvgIpc) is 2.20. The Bertz CT molecular complexity index is 452. The molecule has 2 N–H and O–H groups in total. The van der Waals surface area contributed by atoms with Crippen molar-refractivity contribution in [2.45, 2.75) is 6.04 Å². The molecule has 1 aromatic rings. The number of anilines is 1. The third-order valence-electron chi connectivity index (χ3n) is 2.98. The second kappa shape index (κ2) is 7.31. The lowest BCUT2D eigenvalue weighted by Crippen LogP contribution is -2.57. The molecule has 106 valence electrons. The van der Waals surface area contributed by atoms with Crippen LogP contribution >= 0.6 is 35.6 Å². The third kappa shape index (κ3) is 4.51. The SMILES string of the molecule is CN(CC(=O)Nc1ccc(Cl)c(Cl)c1)C1CNC1.Cl. The van der Waals surface area contributed by atoms with Gasteiger partial charge in [-0.2, -0.15) is 0 Å². The Morgan fingerprint density at radius 2 is 2.11 bits per heavy atom. The highest BCUT2D eigenvalue weighted by atomic mass is 35.5. The largest absolute Gasteiger partial charge is 0.325 e. The predicted molar refractivity (Wildman–Crippen MR) is 81.6 cm³/mol. The minimum absolute atomic E-state index is 0. The van der Waals surface area contributed by atoms with Gasteiger partial charge < -0.3 is 10.6 Å². The number of nitrogens with zero attached hydrogens (tertiary/aromatic N) is 1. The fourth-order valence-corrected chi connectivity index (χ4v) is 2.01. The Morgan fingerprint density at radius 3 is 2.63 bits per heavy atom. The number of likely N-dealkylation sites (N-methyl/N-ethyl adjacent to an activating group) is 1. The van der Waals surface area contributed by atoms with Crippen molar-refractivity contribution >= 4 is 47.2 Å². The second-order valence-electron chi connectivity index (χ2n) is 4.40. The van der Waals surface area contributed by atoms with Crippen LogP contribution in [-0.2, 0) is 4.79 Å². The molecule has 0 saturated carbocycles. The van der Waals surface area contributed by atoms with E-state index in [0.29, 0.717) is 28.3 Å². The average molecular weight is 325 g/mol. The second-order valence-corrected chi connectivity index (χ2v) is 5.22. The first-order chi connectivity index (χ1) is 8.56. The first kappa shape index (κ1) is 16.5. The molecule has 0 aromatic heterocycles. The van der Waals surface area contributed by atoms with Crippen molar-refractivity contribution in [1.29, 1.82) is 0 Å². The van der Waals surface area contributed by atoms with Gasteiger partial charge in [0.2, 0.25) is 5.91 Å². The van der Waals surface area contributed by atoms with Crippen molar-refractivity contribution in [2.75, 3.05) is 32.0 Å². The highest BCUT2D eigenvalue weighted by Crippen LogP contribution is 2.24. The fourth-order valence-electron chi connectivity index (χ4n) is 1.72. The van der Waals surface area contributed by atoms with Crippen molar-refractivity contribution in [2.24, 2.45) is 0 Å². The minimum Gasteiger partial charge on any atom is -0.325 e. The predicted octanol–water partition coefficient (Wildman–Crippen LogP) is 2.26. The van der Waals surface area contributed by atoms with Crippen LogP contribution in [0.25, 0.3) is 0 Å². The molecule has 7 heteroatoms. The number of hydrogen-bond donors (Lipinski definition) is 2. The monoisotopic (exact) mass is 323 g/mol. The molecule has 0 aliphatic carbocycles. The van der Waals surface area contributed by atoms with E-state index in [9.17, 15) is 4.79 Å². The zero-order valence-electron chi connectivity index (χ0n) is 10.5. The molecule has 0 unspecified atom stereocenters. The number of nitrogens with one attached hydrogen (secondary N) is 2. The summed E-state index contributed by atoms with van der Waals surface area (Å²) in [6, 6.07) is 5.49. The van der Waals surface area contributed by atoms with Gasteiger partial charge in [-0.3, -0.25) is 9.69 Å². The number of benzene rings is 1. The van der Waals surface area contributed by atoms with Crippen LogP contribution in [0.4, 0.5) is 5.69 Å². The molecule has 1 heterocycles. The van der Waals surface area contributed by atoms with E-state index in [4.69, 9.17) is 23.2 Å². The lowest BCUT2D eigenvalue weighted by Gasteiger charge is -2.35. The Balaban J connectivity index is 0.00000180. The molecule has 1 amide bonds. The van der Waals surface area contributed by atoms with Crippen LogP contribution in [-0.4, -0.2) is 43.5 Å². The summed E-state index contributed by atoms with van der Waals surface area (Å²) in [7, 11) is 1.94. The van der Waals surface area contributed by atoms with Gasteiger partial charge >= 0.3 is 0 Å². The summed E-state index contributed by atoms with van der Waals surface area (Å²) in [6.45, 7) is 2.25. The van der Waals surface area contributed by atoms with Crippen molar-refractivity contribution in [3.8, 4) is 0 Å². The van der Waals surface area contributed by atoms with Gasteiger partial charge in [-0.15, -0.1) is 12.4 Å². The highest BCUT2D eigenvalue weighted by Gasteiger charge is 2.22. The Morgan fingerprint density at radius 1 is 1.42 bits per heavy atom. The molecule has 4 nitrogen and oxygen atoms in total. The first-order valence-electron chi connectivity index (χ1n) is 5.72. The number of halogens is 3. The standard InChI is InChI=1S/C12H15Cl2N3O.ClH/c1-17(9-5-15-6-9)7-12(18)16-8-2-3-10(13)11(14)4-8;/h2-4,9,15H,5-7H2,1H3,(H,16,18);1H. The smallest absolute Gasteiger partial charge is 0.238 e. The van der Waals surface area contributed by atoms with Gasteiger partial charge in [0.25, 0.3) is 0 Å². The molecule has 19 heavy (non-hydrogen) atoms. The Labute approximate surface area is 128 Å². The van der Waals surface area contributed by atoms with Crippen LogP contribution in [0.1, 0.15) is 0 Å². The van der Waals surface area contributed by atoms with Gasteiger partial charge in [-0.1, -0.05) is 23.2 Å². The van der Waals surface area contributed by atoms with Crippen LogP contribution < -0.4 is 10.6 Å². The van der Waals surface area contributed by atoms with Crippen LogP contribution in [0.3, 0.4) is 0 Å². The van der Waals surface area contributed by atoms with E-state index >= 15 is 0 Å². The van der Waals surface area contributed by atoms with E-state index in [0.717, 1.165) is 13.1 Å². The summed E-state index contributed by atoms with van der Waals surface area (Å²) >= 11 is 11.7. The van der Waals surface area contributed by atoms with Crippen molar-refractivity contribution < 1.29 is 4.79 Å². The number of hydrogen-bond acceptors (Lipinski definition) is 3. The van der Waals surface area contributed by atoms with Gasteiger partial charge in [0.15, 0.2) is 0 Å². The zero-order valence-corrected chi connectivity index (χ0v) is 12.8. The topological polar surface area (TPSA) is 44.4 Å². The van der Waals surface area contributed by atoms with Crippen LogP contribution in [0.15, 0.2) is 18.2 Å². The van der Waals surface area contributed by atoms with Crippen molar-refractivity contribution in [3.05, 3.63) is 28.2 Å². The molecular weight excluding hydrogens is 309 g/mol. The molecule has 2 rings (SSSR count). The van der Waals surface area contributed by atoms with E-state index in [1.54, 1.807) is 18.2 Å². The summed E-state index contributed by atoms with van der Waals surface area (Å²) in [6.07, 6.45) is 0. The Kier molecular flexibility index (Phi) is 6.36. The van der Waals surface area contributed by atoms with Gasteiger partial charge in [0, 0.05) is 24.8 Å². The van der Waals surface area contributed by atoms with E-state index < -0.39 is 0 Å². The van der Waals surface area contributed by atoms with E-state index in [2.05, 4.69) is 10.6 Å². The molecule has 0 bridgehead atoms. The van der Waals surface area contributed by atoms with Crippen molar-refractivity contribution in [3.63, 3.8) is 0 Å². The normalized spacial score (nSPS) is 14.7. The number of rotatable bonds is 4. The number of carbonyl (C=O) groups is 1. The molecule has 0 radical (unpaired) electrons. The van der Waals surface area contributed by atoms with Crippen molar-refractivity contribution in [1.82, 2.24) is 10.2 Å². The first-order valence-corrected chi connectivity index (χ1v) is 6.47. The van der Waals surface area contributed by atoms with Crippen LogP contribution in [0.2, 0.25) is 10.0 Å². The molecule has 1 aliphatic heterocycles. The highest BCUT2D eigenvalue weighted by molar-refractivity contribution is 6.42. The molecule has 1 aliphatic rings. The van der Waals surface area contributed by atoms with Gasteiger partial charge in [-0.05, 0) is 25.2 Å². The summed E-state index contributed by atoms with van der Waals surface area (Å²) in [5.74, 6) is -0.0530. The Hall–Kier alpha value is -0.520. The lowest BCUT2D eigenvalue weighted by molar-refractivity contribution is -0.117. The molecule has 1 saturated heterocycles. The van der Waals surface area contributed by atoms with Gasteiger partial charge in [0.1, 0.15) is 0 Å². The summed E-state index contributed by atoms with van der Waals surface area (Å²) in [5.41, 5.74) is 0.662. The maximum atomic E-state index is 11.8. The summed E-state index contributed by atoms with van der Waals surface area (Å²) in [4.78, 5) is 13.8. The lowest BCUT2D eigenvalue weighted by atomic mass is 10.1.